The van der Waals surface area contributed by atoms with Crippen molar-refractivity contribution in [3.8, 4) is 0 Å². The van der Waals surface area contributed by atoms with E-state index in [1.54, 1.807) is 0 Å². The number of aryl methyl sites for hydroxylation is 1. The van der Waals surface area contributed by atoms with Gasteiger partial charge in [-0.1, -0.05) is 22.0 Å². The van der Waals surface area contributed by atoms with Crippen LogP contribution in [0.3, 0.4) is 0 Å². The minimum absolute atomic E-state index is 0.00485. The highest BCUT2D eigenvalue weighted by atomic mass is 79.9. The van der Waals surface area contributed by atoms with Crippen molar-refractivity contribution in [1.29, 1.82) is 0 Å². The maximum absolute atomic E-state index is 13.7. The van der Waals surface area contributed by atoms with E-state index in [2.05, 4.69) is 26.0 Å². The summed E-state index contributed by atoms with van der Waals surface area (Å²) in [6, 6.07) is 6.63. The second-order valence-electron chi connectivity index (χ2n) is 5.18. The molecule has 23 heavy (non-hydrogen) atoms. The maximum Gasteiger partial charge on any atom is 0.264 e. The first-order valence-electron chi connectivity index (χ1n) is 6.91. The highest BCUT2D eigenvalue weighted by molar-refractivity contribution is 9.10. The van der Waals surface area contributed by atoms with Gasteiger partial charge in [0.05, 0.1) is 11.4 Å². The normalized spacial score (nSPS) is 14.0. The molecule has 1 heterocycles. The van der Waals surface area contributed by atoms with Gasteiger partial charge < -0.3 is 5.32 Å². The Morgan fingerprint density at radius 2 is 2.00 bits per heavy atom. The molecule has 1 aliphatic rings. The van der Waals surface area contributed by atoms with Crippen LogP contribution in [0.4, 0.5) is 20.2 Å². The molecule has 0 atom stereocenters. The topological polar surface area (TPSA) is 58.2 Å². The number of halogens is 3. The molecule has 2 N–H and O–H groups in total. The second kappa shape index (κ2) is 6.09. The van der Waals surface area contributed by atoms with Gasteiger partial charge in [0.25, 0.3) is 10.0 Å². The lowest BCUT2D eigenvalue weighted by molar-refractivity contribution is 0.511. The van der Waals surface area contributed by atoms with Gasteiger partial charge in [-0.25, -0.2) is 17.2 Å². The van der Waals surface area contributed by atoms with Crippen LogP contribution in [0.2, 0.25) is 0 Å². The summed E-state index contributed by atoms with van der Waals surface area (Å²) in [6.45, 7) is 0.658. The van der Waals surface area contributed by atoms with Gasteiger partial charge in [-0.3, -0.25) is 4.72 Å². The van der Waals surface area contributed by atoms with Crippen LogP contribution in [0, 0.1) is 11.6 Å². The first-order valence-corrected chi connectivity index (χ1v) is 9.19. The van der Waals surface area contributed by atoms with Crippen molar-refractivity contribution >= 4 is 37.3 Å². The highest BCUT2D eigenvalue weighted by Crippen LogP contribution is 2.34. The molecule has 0 bridgehead atoms. The number of fused-ring (bicyclic) bond motifs is 1. The van der Waals surface area contributed by atoms with Crippen molar-refractivity contribution in [2.45, 2.75) is 17.7 Å². The Morgan fingerprint density at radius 1 is 1.22 bits per heavy atom. The fourth-order valence-corrected chi connectivity index (χ4v) is 4.49. The lowest BCUT2D eigenvalue weighted by Crippen LogP contribution is -2.20. The Morgan fingerprint density at radius 3 is 2.78 bits per heavy atom. The van der Waals surface area contributed by atoms with E-state index in [-0.39, 0.29) is 4.90 Å². The molecule has 0 unspecified atom stereocenters. The van der Waals surface area contributed by atoms with Crippen LogP contribution < -0.4 is 10.0 Å². The van der Waals surface area contributed by atoms with Crippen molar-refractivity contribution < 1.29 is 17.2 Å². The third-order valence-electron chi connectivity index (χ3n) is 3.56. The Balaban J connectivity index is 2.07. The van der Waals surface area contributed by atoms with E-state index in [4.69, 9.17) is 0 Å². The molecule has 0 fully saturated rings. The van der Waals surface area contributed by atoms with Crippen LogP contribution in [0.1, 0.15) is 12.0 Å². The summed E-state index contributed by atoms with van der Waals surface area (Å²) in [7, 11) is -4.07. The van der Waals surface area contributed by atoms with E-state index < -0.39 is 27.3 Å². The van der Waals surface area contributed by atoms with Crippen LogP contribution in [-0.2, 0) is 16.4 Å². The Hall–Kier alpha value is -1.67. The van der Waals surface area contributed by atoms with Gasteiger partial charge >= 0.3 is 0 Å². The number of hydrogen-bond donors (Lipinski definition) is 2. The zero-order valence-electron chi connectivity index (χ0n) is 11.9. The molecule has 8 heteroatoms. The van der Waals surface area contributed by atoms with Crippen LogP contribution >= 0.6 is 15.9 Å². The van der Waals surface area contributed by atoms with E-state index in [0.717, 1.165) is 24.5 Å². The lowest BCUT2D eigenvalue weighted by Gasteiger charge is -2.22. The van der Waals surface area contributed by atoms with Gasteiger partial charge in [0.15, 0.2) is 11.6 Å². The zero-order valence-corrected chi connectivity index (χ0v) is 14.3. The predicted octanol–water partition coefficient (Wildman–Crippen LogP) is 3.89. The van der Waals surface area contributed by atoms with Crippen molar-refractivity contribution in [2.75, 3.05) is 16.6 Å². The molecule has 4 nitrogen and oxygen atoms in total. The Bertz CT molecular complexity index is 872. The number of rotatable bonds is 3. The maximum atomic E-state index is 13.7. The fourth-order valence-electron chi connectivity index (χ4n) is 2.52. The van der Waals surface area contributed by atoms with E-state index in [9.17, 15) is 17.2 Å². The van der Waals surface area contributed by atoms with Crippen molar-refractivity contribution in [2.24, 2.45) is 0 Å². The van der Waals surface area contributed by atoms with E-state index >= 15 is 0 Å². The first kappa shape index (κ1) is 16.2. The average molecular weight is 403 g/mol. The van der Waals surface area contributed by atoms with Gasteiger partial charge in [0.2, 0.25) is 0 Å². The molecule has 0 radical (unpaired) electrons. The molecule has 2 aromatic carbocycles. The quantitative estimate of drug-likeness (QED) is 0.818. The van der Waals surface area contributed by atoms with Crippen molar-refractivity contribution in [3.63, 3.8) is 0 Å². The first-order chi connectivity index (χ1) is 10.9. The number of benzene rings is 2. The summed E-state index contributed by atoms with van der Waals surface area (Å²) in [5, 5.41) is 3.07. The van der Waals surface area contributed by atoms with E-state index in [1.807, 2.05) is 6.07 Å². The molecule has 0 amide bonds. The van der Waals surface area contributed by atoms with Crippen LogP contribution in [-0.4, -0.2) is 15.0 Å². The smallest absolute Gasteiger partial charge is 0.264 e. The fraction of sp³-hybridized carbons (Fsp3) is 0.200. The number of sulfonamides is 1. The Kier molecular flexibility index (Phi) is 4.29. The monoisotopic (exact) mass is 402 g/mol. The van der Waals surface area contributed by atoms with Crippen LogP contribution in [0.5, 0.6) is 0 Å². The molecule has 0 aliphatic carbocycles. The minimum atomic E-state index is -4.07. The number of nitrogens with one attached hydrogen (secondary N) is 2. The predicted molar refractivity (Wildman–Crippen MR) is 88.1 cm³/mol. The van der Waals surface area contributed by atoms with Gasteiger partial charge in [-0.2, -0.15) is 0 Å². The summed E-state index contributed by atoms with van der Waals surface area (Å²) in [4.78, 5) is 0.00485. The van der Waals surface area contributed by atoms with E-state index in [0.29, 0.717) is 16.7 Å². The van der Waals surface area contributed by atoms with Gasteiger partial charge in [0.1, 0.15) is 4.90 Å². The largest absolute Gasteiger partial charge is 0.384 e. The third-order valence-corrected chi connectivity index (χ3v) is 5.41. The molecule has 2 aromatic rings. The number of anilines is 2. The average Bonchev–Trinajstić information content (AvgIpc) is 2.51. The second-order valence-corrected chi connectivity index (χ2v) is 7.74. The lowest BCUT2D eigenvalue weighted by atomic mass is 10.0. The molecule has 122 valence electrons. The zero-order chi connectivity index (χ0) is 16.6. The molecule has 0 saturated carbocycles. The molecule has 3 rings (SSSR count). The minimum Gasteiger partial charge on any atom is -0.384 e. The van der Waals surface area contributed by atoms with E-state index in [1.165, 1.54) is 18.2 Å². The van der Waals surface area contributed by atoms with Gasteiger partial charge in [0, 0.05) is 11.0 Å². The SMILES string of the molecule is O=S(=O)(Nc1cccc(F)c1F)c1cc(Br)cc2c1NCCC2. The summed E-state index contributed by atoms with van der Waals surface area (Å²) in [5.41, 5.74) is 0.948. The molecule has 0 spiro atoms. The summed E-state index contributed by atoms with van der Waals surface area (Å²) >= 11 is 3.29. The number of hydrogen-bond acceptors (Lipinski definition) is 3. The van der Waals surface area contributed by atoms with Crippen LogP contribution in [0.15, 0.2) is 39.7 Å². The van der Waals surface area contributed by atoms with Gasteiger partial charge in [-0.05, 0) is 42.7 Å². The molecule has 0 saturated heterocycles. The van der Waals surface area contributed by atoms with Crippen LogP contribution in [0.25, 0.3) is 0 Å². The molecular formula is C15H13BrF2N2O2S. The van der Waals surface area contributed by atoms with Gasteiger partial charge in [-0.15, -0.1) is 0 Å². The Labute approximate surface area is 141 Å². The van der Waals surface area contributed by atoms with Crippen molar-refractivity contribution in [3.05, 3.63) is 52.0 Å². The molecule has 1 aliphatic heterocycles. The molecular weight excluding hydrogens is 390 g/mol. The summed E-state index contributed by atoms with van der Waals surface area (Å²) < 4.78 is 55.0. The third kappa shape index (κ3) is 3.18. The standard InChI is InChI=1S/C15H13BrF2N2O2S/c16-10-7-9-3-2-6-19-15(9)13(8-10)23(21,22)20-12-5-1-4-11(17)14(12)18/h1,4-5,7-8,19-20H,2-3,6H2. The summed E-state index contributed by atoms with van der Waals surface area (Å²) in [5.74, 6) is -2.34. The van der Waals surface area contributed by atoms with Crippen molar-refractivity contribution in [1.82, 2.24) is 0 Å². The highest BCUT2D eigenvalue weighted by Gasteiger charge is 2.25. The molecule has 0 aromatic heterocycles. The summed E-state index contributed by atoms with van der Waals surface area (Å²) in [6.07, 6.45) is 1.65.